The first-order valence-corrected chi connectivity index (χ1v) is 8.10. The minimum Gasteiger partial charge on any atom is -0.342 e. The number of likely N-dealkylation sites (tertiary alicyclic amines) is 1. The molecule has 3 nitrogen and oxygen atoms in total. The van der Waals surface area contributed by atoms with Crippen LogP contribution in [0.4, 0.5) is 0 Å². The molecule has 1 N–H and O–H groups in total. The van der Waals surface area contributed by atoms with E-state index in [1.807, 2.05) is 0 Å². The molecule has 116 valence electrons. The van der Waals surface area contributed by atoms with Crippen LogP contribution in [0.5, 0.6) is 0 Å². The van der Waals surface area contributed by atoms with Crippen LogP contribution in [-0.4, -0.2) is 37.0 Å². The average Bonchev–Trinajstić information content (AvgIpc) is 3.03. The van der Waals surface area contributed by atoms with Gasteiger partial charge in [-0.2, -0.15) is 0 Å². The van der Waals surface area contributed by atoms with Crippen molar-refractivity contribution in [3.63, 3.8) is 0 Å². The monoisotopic (exact) mass is 300 g/mol. The molecule has 0 bridgehead atoms. The van der Waals surface area contributed by atoms with Gasteiger partial charge in [0, 0.05) is 19.6 Å². The molecular formula is C16H29ClN2O. The summed E-state index contributed by atoms with van der Waals surface area (Å²) < 4.78 is 0. The van der Waals surface area contributed by atoms with Gasteiger partial charge in [-0.25, -0.2) is 0 Å². The van der Waals surface area contributed by atoms with Crippen molar-refractivity contribution < 1.29 is 4.79 Å². The molecule has 3 aliphatic rings. The lowest BCUT2D eigenvalue weighted by atomic mass is 9.67. The van der Waals surface area contributed by atoms with Gasteiger partial charge < -0.3 is 10.2 Å². The topological polar surface area (TPSA) is 32.3 Å². The first-order chi connectivity index (χ1) is 9.10. The van der Waals surface area contributed by atoms with Crippen LogP contribution >= 0.6 is 12.4 Å². The Morgan fingerprint density at radius 3 is 2.85 bits per heavy atom. The van der Waals surface area contributed by atoms with Gasteiger partial charge in [-0.1, -0.05) is 26.7 Å². The summed E-state index contributed by atoms with van der Waals surface area (Å²) in [6, 6.07) is 0. The van der Waals surface area contributed by atoms with Crippen LogP contribution in [0.15, 0.2) is 0 Å². The maximum atomic E-state index is 13.1. The van der Waals surface area contributed by atoms with E-state index < -0.39 is 0 Å². The summed E-state index contributed by atoms with van der Waals surface area (Å²) in [5, 5.41) is 3.50. The predicted molar refractivity (Wildman–Crippen MR) is 84.1 cm³/mol. The number of hydrogen-bond acceptors (Lipinski definition) is 2. The number of amides is 1. The molecule has 0 radical (unpaired) electrons. The lowest BCUT2D eigenvalue weighted by Crippen LogP contribution is -2.49. The van der Waals surface area contributed by atoms with Gasteiger partial charge in [-0.3, -0.25) is 4.79 Å². The van der Waals surface area contributed by atoms with Crippen LogP contribution in [0, 0.1) is 16.7 Å². The Labute approximate surface area is 129 Å². The second-order valence-corrected chi connectivity index (χ2v) is 7.37. The highest BCUT2D eigenvalue weighted by molar-refractivity contribution is 5.85. The van der Waals surface area contributed by atoms with Gasteiger partial charge in [0.25, 0.3) is 0 Å². The number of rotatable bonds is 2. The zero-order valence-corrected chi connectivity index (χ0v) is 13.7. The zero-order chi connectivity index (χ0) is 13.5. The van der Waals surface area contributed by atoms with Crippen molar-refractivity contribution in [1.82, 2.24) is 10.2 Å². The SMILES string of the molecule is CCC1(C)CCN(C(=O)[C@@]23CCCC[C@H]2CNC3)C1.Cl. The molecular weight excluding hydrogens is 272 g/mol. The first kappa shape index (κ1) is 16.1. The average molecular weight is 301 g/mol. The molecule has 3 rings (SSSR count). The van der Waals surface area contributed by atoms with Crippen LogP contribution in [0.25, 0.3) is 0 Å². The first-order valence-electron chi connectivity index (χ1n) is 8.10. The van der Waals surface area contributed by atoms with Crippen molar-refractivity contribution in [2.75, 3.05) is 26.2 Å². The van der Waals surface area contributed by atoms with Crippen molar-refractivity contribution in [3.05, 3.63) is 0 Å². The molecule has 0 aromatic rings. The number of nitrogens with one attached hydrogen (secondary N) is 1. The molecule has 4 heteroatoms. The number of carbonyl (C=O) groups excluding carboxylic acids is 1. The summed E-state index contributed by atoms with van der Waals surface area (Å²) in [6.07, 6.45) is 7.28. The molecule has 0 aromatic heterocycles. The van der Waals surface area contributed by atoms with E-state index in [9.17, 15) is 4.79 Å². The second kappa shape index (κ2) is 5.84. The van der Waals surface area contributed by atoms with Crippen molar-refractivity contribution in [1.29, 1.82) is 0 Å². The Kier molecular flexibility index (Phi) is 4.70. The van der Waals surface area contributed by atoms with E-state index in [0.29, 0.717) is 17.2 Å². The van der Waals surface area contributed by atoms with E-state index in [-0.39, 0.29) is 17.8 Å². The molecule has 20 heavy (non-hydrogen) atoms. The summed E-state index contributed by atoms with van der Waals surface area (Å²) >= 11 is 0. The number of carbonyl (C=O) groups is 1. The summed E-state index contributed by atoms with van der Waals surface area (Å²) in [5.74, 6) is 1.07. The molecule has 0 aromatic carbocycles. The fraction of sp³-hybridized carbons (Fsp3) is 0.938. The minimum atomic E-state index is -0.0444. The molecule has 1 amide bonds. The van der Waals surface area contributed by atoms with Crippen LogP contribution in [-0.2, 0) is 4.79 Å². The molecule has 2 saturated heterocycles. The predicted octanol–water partition coefficient (Wildman–Crippen LogP) is 2.84. The number of fused-ring (bicyclic) bond motifs is 1. The highest BCUT2D eigenvalue weighted by Crippen LogP contribution is 2.46. The molecule has 2 heterocycles. The highest BCUT2D eigenvalue weighted by Gasteiger charge is 2.52. The van der Waals surface area contributed by atoms with Gasteiger partial charge >= 0.3 is 0 Å². The van der Waals surface area contributed by atoms with E-state index in [0.717, 1.165) is 32.6 Å². The Bertz CT molecular complexity index is 375. The third-order valence-electron chi connectivity index (χ3n) is 6.16. The quantitative estimate of drug-likeness (QED) is 0.850. The Morgan fingerprint density at radius 2 is 2.15 bits per heavy atom. The molecule has 1 aliphatic carbocycles. The molecule has 1 unspecified atom stereocenters. The van der Waals surface area contributed by atoms with Crippen molar-refractivity contribution in [2.45, 2.75) is 52.4 Å². The third kappa shape index (κ3) is 2.48. The fourth-order valence-corrected chi connectivity index (χ4v) is 4.47. The Balaban J connectivity index is 0.00000147. The third-order valence-corrected chi connectivity index (χ3v) is 6.16. The lowest BCUT2D eigenvalue weighted by molar-refractivity contribution is -0.144. The second-order valence-electron chi connectivity index (χ2n) is 7.37. The maximum absolute atomic E-state index is 13.1. The standard InChI is InChI=1S/C16H28N2O.ClH/c1-3-15(2)8-9-18(12-15)14(19)16-7-5-4-6-13(16)10-17-11-16;/h13,17H,3-12H2,1-2H3;1H/t13-,15?,16+;/m0./s1. The number of hydrogen-bond donors (Lipinski definition) is 1. The van der Waals surface area contributed by atoms with E-state index in [1.165, 1.54) is 32.1 Å². The van der Waals surface area contributed by atoms with Crippen LogP contribution in [0.2, 0.25) is 0 Å². The maximum Gasteiger partial charge on any atom is 0.230 e. The molecule has 3 fully saturated rings. The van der Waals surface area contributed by atoms with Crippen molar-refractivity contribution in [3.8, 4) is 0 Å². The largest absolute Gasteiger partial charge is 0.342 e. The van der Waals surface area contributed by atoms with Gasteiger partial charge in [0.1, 0.15) is 0 Å². The van der Waals surface area contributed by atoms with E-state index in [4.69, 9.17) is 0 Å². The van der Waals surface area contributed by atoms with Gasteiger partial charge in [0.05, 0.1) is 5.41 Å². The van der Waals surface area contributed by atoms with Gasteiger partial charge in [0.2, 0.25) is 5.91 Å². The summed E-state index contributed by atoms with van der Waals surface area (Å²) in [7, 11) is 0. The van der Waals surface area contributed by atoms with Crippen molar-refractivity contribution in [2.24, 2.45) is 16.7 Å². The van der Waals surface area contributed by atoms with Gasteiger partial charge in [-0.05, 0) is 43.6 Å². The minimum absolute atomic E-state index is 0. The van der Waals surface area contributed by atoms with E-state index in [1.54, 1.807) is 0 Å². The molecule has 2 aliphatic heterocycles. The van der Waals surface area contributed by atoms with Crippen LogP contribution in [0.1, 0.15) is 52.4 Å². The summed E-state index contributed by atoms with van der Waals surface area (Å²) in [4.78, 5) is 15.3. The smallest absolute Gasteiger partial charge is 0.230 e. The molecule has 3 atom stereocenters. The van der Waals surface area contributed by atoms with Crippen LogP contribution in [0.3, 0.4) is 0 Å². The highest BCUT2D eigenvalue weighted by atomic mass is 35.5. The van der Waals surface area contributed by atoms with E-state index >= 15 is 0 Å². The molecule has 1 saturated carbocycles. The fourth-order valence-electron chi connectivity index (χ4n) is 4.47. The van der Waals surface area contributed by atoms with Crippen molar-refractivity contribution >= 4 is 18.3 Å². The van der Waals surface area contributed by atoms with E-state index in [2.05, 4.69) is 24.1 Å². The summed E-state index contributed by atoms with van der Waals surface area (Å²) in [6.45, 7) is 8.55. The van der Waals surface area contributed by atoms with Gasteiger partial charge in [-0.15, -0.1) is 12.4 Å². The molecule has 0 spiro atoms. The Hall–Kier alpha value is -0.280. The Morgan fingerprint density at radius 1 is 1.35 bits per heavy atom. The number of nitrogens with zero attached hydrogens (tertiary/aromatic N) is 1. The normalized spacial score (nSPS) is 40.3. The van der Waals surface area contributed by atoms with Gasteiger partial charge in [0.15, 0.2) is 0 Å². The van der Waals surface area contributed by atoms with Crippen LogP contribution < -0.4 is 5.32 Å². The summed E-state index contributed by atoms with van der Waals surface area (Å²) in [5.41, 5.74) is 0.319. The lowest BCUT2D eigenvalue weighted by Gasteiger charge is -2.40. The number of halogens is 1. The zero-order valence-electron chi connectivity index (χ0n) is 12.9.